The molecule has 0 atom stereocenters. The van der Waals surface area contributed by atoms with Gasteiger partial charge in [-0.05, 0) is 43.2 Å². The molecule has 0 aromatic carbocycles. The van der Waals surface area contributed by atoms with E-state index in [1.54, 1.807) is 12.3 Å². The summed E-state index contributed by atoms with van der Waals surface area (Å²) in [5.74, 6) is -0.780. The highest BCUT2D eigenvalue weighted by atomic mass is 16.4. The van der Waals surface area contributed by atoms with Crippen LogP contribution in [0.4, 0.5) is 0 Å². The average Bonchev–Trinajstić information content (AvgIpc) is 2.47. The van der Waals surface area contributed by atoms with Crippen molar-refractivity contribution in [2.24, 2.45) is 5.92 Å². The number of nitrogens with zero attached hydrogens (tertiary/aromatic N) is 1. The Labute approximate surface area is 124 Å². The summed E-state index contributed by atoms with van der Waals surface area (Å²) < 4.78 is 0. The lowest BCUT2D eigenvalue weighted by Crippen LogP contribution is -2.39. The third-order valence-corrected chi connectivity index (χ3v) is 4.10. The van der Waals surface area contributed by atoms with E-state index in [1.165, 1.54) is 0 Å². The molecular formula is C16H22N2O3. The van der Waals surface area contributed by atoms with Gasteiger partial charge in [-0.25, -0.2) is 0 Å². The zero-order valence-corrected chi connectivity index (χ0v) is 12.5. The van der Waals surface area contributed by atoms with Crippen LogP contribution in [0.15, 0.2) is 18.3 Å². The van der Waals surface area contributed by atoms with Crippen LogP contribution in [0.2, 0.25) is 0 Å². The summed E-state index contributed by atoms with van der Waals surface area (Å²) in [4.78, 5) is 27.2. The van der Waals surface area contributed by atoms with Gasteiger partial charge in [-0.3, -0.25) is 14.6 Å². The van der Waals surface area contributed by atoms with Crippen molar-refractivity contribution >= 4 is 11.9 Å². The van der Waals surface area contributed by atoms with E-state index < -0.39 is 5.97 Å². The van der Waals surface area contributed by atoms with Gasteiger partial charge < -0.3 is 10.4 Å². The number of aliphatic carboxylic acids is 1. The maximum Gasteiger partial charge on any atom is 0.306 e. The molecule has 1 fully saturated rings. The van der Waals surface area contributed by atoms with Crippen molar-refractivity contribution in [3.8, 4) is 0 Å². The van der Waals surface area contributed by atoms with Gasteiger partial charge >= 0.3 is 5.97 Å². The molecule has 5 heteroatoms. The Hall–Kier alpha value is -1.91. The second-order valence-corrected chi connectivity index (χ2v) is 5.99. The first kappa shape index (κ1) is 15.5. The molecule has 0 bridgehead atoms. The van der Waals surface area contributed by atoms with Crippen LogP contribution >= 0.6 is 0 Å². The minimum absolute atomic E-state index is 0.0553. The van der Waals surface area contributed by atoms with Crippen LogP contribution in [0.25, 0.3) is 0 Å². The lowest BCUT2D eigenvalue weighted by atomic mass is 9.86. The van der Waals surface area contributed by atoms with Crippen molar-refractivity contribution < 1.29 is 14.7 Å². The van der Waals surface area contributed by atoms with E-state index in [2.05, 4.69) is 24.1 Å². The fraction of sp³-hybridized carbons (Fsp3) is 0.562. The zero-order valence-electron chi connectivity index (χ0n) is 12.5. The fourth-order valence-corrected chi connectivity index (χ4v) is 2.63. The van der Waals surface area contributed by atoms with Crippen molar-refractivity contribution in [3.05, 3.63) is 29.6 Å². The summed E-state index contributed by atoms with van der Waals surface area (Å²) in [6, 6.07) is 3.72. The number of carboxylic acids is 1. The average molecular weight is 290 g/mol. The van der Waals surface area contributed by atoms with Crippen LogP contribution in [0.1, 0.15) is 61.5 Å². The van der Waals surface area contributed by atoms with Crippen LogP contribution in [0.3, 0.4) is 0 Å². The first-order chi connectivity index (χ1) is 9.97. The molecule has 1 aliphatic carbocycles. The Morgan fingerprint density at radius 3 is 2.38 bits per heavy atom. The third kappa shape index (κ3) is 4.03. The van der Waals surface area contributed by atoms with Crippen molar-refractivity contribution in [2.45, 2.75) is 51.5 Å². The second kappa shape index (κ2) is 6.70. The molecule has 1 aliphatic rings. The zero-order chi connectivity index (χ0) is 15.4. The monoisotopic (exact) mass is 290 g/mol. The summed E-state index contributed by atoms with van der Waals surface area (Å²) in [5.41, 5.74) is 1.52. The number of rotatable bonds is 4. The standard InChI is InChI=1S/C16H22N2O3/c1-10(2)12-5-8-14(17-9-12)15(19)18-13-6-3-11(4-7-13)16(20)21/h5,8-11,13H,3-4,6-7H2,1-2H3,(H,18,19)(H,20,21). The first-order valence-corrected chi connectivity index (χ1v) is 7.47. The van der Waals surface area contributed by atoms with E-state index in [9.17, 15) is 9.59 Å². The summed E-state index contributed by atoms with van der Waals surface area (Å²) in [6.45, 7) is 4.16. The molecule has 0 aliphatic heterocycles. The van der Waals surface area contributed by atoms with Crippen LogP contribution < -0.4 is 5.32 Å². The molecule has 1 amide bonds. The number of nitrogens with one attached hydrogen (secondary N) is 1. The Morgan fingerprint density at radius 2 is 1.90 bits per heavy atom. The number of pyridine rings is 1. The summed E-state index contributed by atoms with van der Waals surface area (Å²) >= 11 is 0. The number of carboxylic acid groups (broad SMARTS) is 1. The molecule has 2 N–H and O–H groups in total. The van der Waals surface area contributed by atoms with Crippen LogP contribution in [0, 0.1) is 5.92 Å². The molecule has 0 unspecified atom stereocenters. The summed E-state index contributed by atoms with van der Waals surface area (Å²) in [6.07, 6.45) is 4.42. The number of hydrogen-bond acceptors (Lipinski definition) is 3. The maximum absolute atomic E-state index is 12.1. The van der Waals surface area contributed by atoms with E-state index in [0.29, 0.717) is 37.3 Å². The van der Waals surface area contributed by atoms with E-state index >= 15 is 0 Å². The highest BCUT2D eigenvalue weighted by Gasteiger charge is 2.27. The molecule has 0 radical (unpaired) electrons. The third-order valence-electron chi connectivity index (χ3n) is 4.10. The second-order valence-electron chi connectivity index (χ2n) is 5.99. The van der Waals surface area contributed by atoms with Gasteiger partial charge in [0.15, 0.2) is 0 Å². The largest absolute Gasteiger partial charge is 0.481 e. The first-order valence-electron chi connectivity index (χ1n) is 7.47. The molecule has 21 heavy (non-hydrogen) atoms. The van der Waals surface area contributed by atoms with E-state index in [0.717, 1.165) is 5.56 Å². The van der Waals surface area contributed by atoms with Crippen LogP contribution in [0.5, 0.6) is 0 Å². The normalized spacial score (nSPS) is 22.0. The molecule has 1 aromatic heterocycles. The Balaban J connectivity index is 1.89. The summed E-state index contributed by atoms with van der Waals surface area (Å²) in [7, 11) is 0. The lowest BCUT2D eigenvalue weighted by Gasteiger charge is -2.26. The summed E-state index contributed by atoms with van der Waals surface area (Å²) in [5, 5.41) is 11.9. The Kier molecular flexibility index (Phi) is 4.94. The lowest BCUT2D eigenvalue weighted by molar-refractivity contribution is -0.142. The quantitative estimate of drug-likeness (QED) is 0.893. The highest BCUT2D eigenvalue weighted by Crippen LogP contribution is 2.24. The molecule has 0 saturated heterocycles. The van der Waals surface area contributed by atoms with E-state index in [1.807, 2.05) is 6.07 Å². The minimum atomic E-state index is -0.731. The predicted octanol–water partition coefficient (Wildman–Crippen LogP) is 2.58. The Bertz CT molecular complexity index is 503. The van der Waals surface area contributed by atoms with Gasteiger partial charge in [-0.1, -0.05) is 19.9 Å². The number of aromatic nitrogens is 1. The highest BCUT2D eigenvalue weighted by molar-refractivity contribution is 5.92. The van der Waals surface area contributed by atoms with Gasteiger partial charge in [0, 0.05) is 12.2 Å². The molecule has 1 aromatic rings. The molecule has 114 valence electrons. The minimum Gasteiger partial charge on any atom is -0.481 e. The number of hydrogen-bond donors (Lipinski definition) is 2. The van der Waals surface area contributed by atoms with Crippen LogP contribution in [-0.4, -0.2) is 28.0 Å². The van der Waals surface area contributed by atoms with Crippen molar-refractivity contribution in [1.29, 1.82) is 0 Å². The number of amides is 1. The Morgan fingerprint density at radius 1 is 1.24 bits per heavy atom. The molecule has 1 heterocycles. The predicted molar refractivity (Wildman–Crippen MR) is 79.2 cm³/mol. The van der Waals surface area contributed by atoms with Crippen molar-refractivity contribution in [2.75, 3.05) is 0 Å². The molecule has 2 rings (SSSR count). The number of carbonyl (C=O) groups is 2. The van der Waals surface area contributed by atoms with Gasteiger partial charge in [0.2, 0.25) is 0 Å². The molecule has 0 spiro atoms. The van der Waals surface area contributed by atoms with Gasteiger partial charge in [0.25, 0.3) is 5.91 Å². The van der Waals surface area contributed by atoms with E-state index in [-0.39, 0.29) is 17.9 Å². The van der Waals surface area contributed by atoms with Gasteiger partial charge in [0.05, 0.1) is 5.92 Å². The van der Waals surface area contributed by atoms with Gasteiger partial charge in [0.1, 0.15) is 5.69 Å². The molecule has 1 saturated carbocycles. The SMILES string of the molecule is CC(C)c1ccc(C(=O)NC2CCC(C(=O)O)CC2)nc1. The van der Waals surface area contributed by atoms with E-state index in [4.69, 9.17) is 5.11 Å². The topological polar surface area (TPSA) is 79.3 Å². The van der Waals surface area contributed by atoms with Crippen molar-refractivity contribution in [3.63, 3.8) is 0 Å². The van der Waals surface area contributed by atoms with Gasteiger partial charge in [-0.15, -0.1) is 0 Å². The maximum atomic E-state index is 12.1. The van der Waals surface area contributed by atoms with Gasteiger partial charge in [-0.2, -0.15) is 0 Å². The molecular weight excluding hydrogens is 268 g/mol. The smallest absolute Gasteiger partial charge is 0.306 e. The fourth-order valence-electron chi connectivity index (χ4n) is 2.63. The van der Waals surface area contributed by atoms with Crippen molar-refractivity contribution in [1.82, 2.24) is 10.3 Å². The number of carbonyl (C=O) groups excluding carboxylic acids is 1. The van der Waals surface area contributed by atoms with Crippen LogP contribution in [-0.2, 0) is 4.79 Å². The molecule has 5 nitrogen and oxygen atoms in total.